The van der Waals surface area contributed by atoms with E-state index in [1.54, 1.807) is 13.2 Å². The fourth-order valence-corrected chi connectivity index (χ4v) is 2.56. The number of hydrogen-bond donors (Lipinski definition) is 1. The number of amidine groups is 1. The first kappa shape index (κ1) is 16.8. The maximum absolute atomic E-state index is 12.1. The molecule has 0 aliphatic carbocycles. The van der Waals surface area contributed by atoms with Crippen molar-refractivity contribution >= 4 is 17.8 Å². The van der Waals surface area contributed by atoms with E-state index in [-0.39, 0.29) is 5.91 Å². The Balaban J connectivity index is 1.76. The van der Waals surface area contributed by atoms with Gasteiger partial charge in [-0.05, 0) is 48.4 Å². The number of amides is 1. The summed E-state index contributed by atoms with van der Waals surface area (Å²) in [6, 6.07) is 15.3. The van der Waals surface area contributed by atoms with Gasteiger partial charge in [0.15, 0.2) is 0 Å². The molecule has 1 N–H and O–H groups in total. The lowest BCUT2D eigenvalue weighted by atomic mass is 10.1. The number of carbonyl (C=O) groups is 1. The van der Waals surface area contributed by atoms with E-state index in [9.17, 15) is 4.79 Å². The number of nitrogens with zero attached hydrogens (tertiary/aromatic N) is 1. The summed E-state index contributed by atoms with van der Waals surface area (Å²) < 4.78 is 10.6. The summed E-state index contributed by atoms with van der Waals surface area (Å²) in [5, 5.41) is 2.82. The van der Waals surface area contributed by atoms with Crippen LogP contribution in [0, 0.1) is 0 Å². The second-order valence-corrected chi connectivity index (χ2v) is 5.57. The van der Waals surface area contributed by atoms with Gasteiger partial charge < -0.3 is 14.8 Å². The first-order valence-corrected chi connectivity index (χ1v) is 8.14. The molecule has 1 amide bonds. The normalized spacial score (nSPS) is 15.0. The van der Waals surface area contributed by atoms with Crippen molar-refractivity contribution in [2.45, 2.75) is 13.3 Å². The highest BCUT2D eigenvalue weighted by Gasteiger charge is 2.20. The second-order valence-electron chi connectivity index (χ2n) is 5.57. The zero-order valence-corrected chi connectivity index (χ0v) is 14.3. The van der Waals surface area contributed by atoms with E-state index in [1.165, 1.54) is 0 Å². The third-order valence-corrected chi connectivity index (χ3v) is 3.75. The minimum absolute atomic E-state index is 0.190. The van der Waals surface area contributed by atoms with Gasteiger partial charge in [0.2, 0.25) is 0 Å². The maximum Gasteiger partial charge on any atom is 0.275 e. The zero-order chi connectivity index (χ0) is 17.6. The Morgan fingerprint density at radius 2 is 1.92 bits per heavy atom. The molecule has 2 aromatic carbocycles. The summed E-state index contributed by atoms with van der Waals surface area (Å²) >= 11 is 0. The summed E-state index contributed by atoms with van der Waals surface area (Å²) in [7, 11) is 1.63. The van der Waals surface area contributed by atoms with E-state index in [2.05, 4.69) is 10.3 Å². The lowest BCUT2D eigenvalue weighted by Crippen LogP contribution is -2.25. The topological polar surface area (TPSA) is 59.9 Å². The first-order chi connectivity index (χ1) is 12.2. The average molecular weight is 336 g/mol. The van der Waals surface area contributed by atoms with Crippen LogP contribution in [-0.2, 0) is 11.2 Å². The molecule has 0 saturated heterocycles. The first-order valence-electron chi connectivity index (χ1n) is 8.14. The molecule has 0 aromatic heterocycles. The molecule has 0 unspecified atom stereocenters. The number of aliphatic imine (C=N–C) groups is 1. The van der Waals surface area contributed by atoms with E-state index in [4.69, 9.17) is 9.47 Å². The van der Waals surface area contributed by atoms with Crippen molar-refractivity contribution in [2.75, 3.05) is 13.7 Å². The Bertz CT molecular complexity index is 823. The van der Waals surface area contributed by atoms with E-state index in [0.717, 1.165) is 22.6 Å². The van der Waals surface area contributed by atoms with E-state index >= 15 is 0 Å². The van der Waals surface area contributed by atoms with Crippen molar-refractivity contribution in [3.63, 3.8) is 0 Å². The van der Waals surface area contributed by atoms with Crippen molar-refractivity contribution < 1.29 is 14.3 Å². The van der Waals surface area contributed by atoms with Gasteiger partial charge in [-0.1, -0.05) is 24.3 Å². The van der Waals surface area contributed by atoms with Crippen LogP contribution in [0.3, 0.4) is 0 Å². The fraction of sp³-hybridized carbons (Fsp3) is 0.200. The molecule has 5 nitrogen and oxygen atoms in total. The van der Waals surface area contributed by atoms with Crippen LogP contribution in [0.2, 0.25) is 0 Å². The standard InChI is InChI=1S/C20H20N2O3/c1-3-25-17-6-4-5-15(11-17)12-18-20(23)22-19(21-18)13-14-7-9-16(24-2)10-8-14/h4-12H,3,13H2,1-2H3,(H,21,22,23)/b18-12+. The molecule has 3 rings (SSSR count). The smallest absolute Gasteiger partial charge is 0.275 e. The molecule has 5 heteroatoms. The molecule has 0 saturated carbocycles. The van der Waals surface area contributed by atoms with Crippen LogP contribution < -0.4 is 14.8 Å². The van der Waals surface area contributed by atoms with Gasteiger partial charge in [-0.2, -0.15) is 0 Å². The second kappa shape index (κ2) is 7.66. The SMILES string of the molecule is CCOc1cccc(/C=C2/N=C(Cc3ccc(OC)cc3)NC2=O)c1. The summed E-state index contributed by atoms with van der Waals surface area (Å²) in [5.74, 6) is 2.03. The zero-order valence-electron chi connectivity index (χ0n) is 14.3. The number of methoxy groups -OCH3 is 1. The van der Waals surface area contributed by atoms with E-state index < -0.39 is 0 Å². The molecule has 25 heavy (non-hydrogen) atoms. The predicted octanol–water partition coefficient (Wildman–Crippen LogP) is 3.21. The van der Waals surface area contributed by atoms with Crippen LogP contribution in [0.15, 0.2) is 59.2 Å². The van der Waals surface area contributed by atoms with Gasteiger partial charge in [-0.15, -0.1) is 0 Å². The lowest BCUT2D eigenvalue weighted by Gasteiger charge is -2.03. The summed E-state index contributed by atoms with van der Waals surface area (Å²) in [5.41, 5.74) is 2.34. The Morgan fingerprint density at radius 1 is 1.12 bits per heavy atom. The summed E-state index contributed by atoms with van der Waals surface area (Å²) in [4.78, 5) is 16.6. The van der Waals surface area contributed by atoms with Crippen molar-refractivity contribution in [1.82, 2.24) is 5.32 Å². The number of rotatable bonds is 6. The molecular formula is C20H20N2O3. The van der Waals surface area contributed by atoms with Crippen LogP contribution in [0.25, 0.3) is 6.08 Å². The van der Waals surface area contributed by atoms with Crippen LogP contribution >= 0.6 is 0 Å². The number of ether oxygens (including phenoxy) is 2. The van der Waals surface area contributed by atoms with Crippen molar-refractivity contribution in [3.8, 4) is 11.5 Å². The molecule has 2 aromatic rings. The van der Waals surface area contributed by atoms with Crippen LogP contribution in [0.1, 0.15) is 18.1 Å². The fourth-order valence-electron chi connectivity index (χ4n) is 2.56. The summed E-state index contributed by atoms with van der Waals surface area (Å²) in [6.45, 7) is 2.54. The van der Waals surface area contributed by atoms with Gasteiger partial charge in [0.25, 0.3) is 5.91 Å². The molecule has 1 aliphatic rings. The molecule has 0 atom stereocenters. The molecule has 0 bridgehead atoms. The largest absolute Gasteiger partial charge is 0.497 e. The lowest BCUT2D eigenvalue weighted by molar-refractivity contribution is -0.115. The minimum atomic E-state index is -0.190. The molecule has 128 valence electrons. The third-order valence-electron chi connectivity index (χ3n) is 3.75. The Kier molecular flexibility index (Phi) is 5.14. The highest BCUT2D eigenvalue weighted by atomic mass is 16.5. The number of nitrogens with one attached hydrogen (secondary N) is 1. The van der Waals surface area contributed by atoms with Gasteiger partial charge in [0.05, 0.1) is 13.7 Å². The van der Waals surface area contributed by atoms with Crippen LogP contribution in [0.5, 0.6) is 11.5 Å². The van der Waals surface area contributed by atoms with E-state index in [1.807, 2.05) is 55.5 Å². The third kappa shape index (κ3) is 4.26. The molecule has 1 heterocycles. The summed E-state index contributed by atoms with van der Waals surface area (Å²) in [6.07, 6.45) is 2.32. The molecule has 0 spiro atoms. The van der Waals surface area contributed by atoms with E-state index in [0.29, 0.717) is 24.6 Å². The van der Waals surface area contributed by atoms with Gasteiger partial charge in [-0.25, -0.2) is 4.99 Å². The van der Waals surface area contributed by atoms with Crippen molar-refractivity contribution in [3.05, 3.63) is 65.4 Å². The van der Waals surface area contributed by atoms with Gasteiger partial charge in [-0.3, -0.25) is 4.79 Å². The van der Waals surface area contributed by atoms with Gasteiger partial charge >= 0.3 is 0 Å². The molecule has 0 fully saturated rings. The molecule has 1 aliphatic heterocycles. The quantitative estimate of drug-likeness (QED) is 0.824. The maximum atomic E-state index is 12.1. The molecular weight excluding hydrogens is 316 g/mol. The number of carbonyl (C=O) groups excluding carboxylic acids is 1. The number of hydrogen-bond acceptors (Lipinski definition) is 4. The minimum Gasteiger partial charge on any atom is -0.497 e. The Morgan fingerprint density at radius 3 is 2.64 bits per heavy atom. The van der Waals surface area contributed by atoms with Crippen LogP contribution in [0.4, 0.5) is 0 Å². The monoisotopic (exact) mass is 336 g/mol. The Hall–Kier alpha value is -3.08. The van der Waals surface area contributed by atoms with Gasteiger partial charge in [0.1, 0.15) is 23.0 Å². The number of benzene rings is 2. The molecule has 0 radical (unpaired) electrons. The Labute approximate surface area is 147 Å². The van der Waals surface area contributed by atoms with Crippen LogP contribution in [-0.4, -0.2) is 25.5 Å². The van der Waals surface area contributed by atoms with Gasteiger partial charge in [0, 0.05) is 6.42 Å². The van der Waals surface area contributed by atoms with Crippen molar-refractivity contribution in [1.29, 1.82) is 0 Å². The highest BCUT2D eigenvalue weighted by molar-refractivity contribution is 6.14. The average Bonchev–Trinajstić information content (AvgIpc) is 2.95. The van der Waals surface area contributed by atoms with Crippen molar-refractivity contribution in [2.24, 2.45) is 4.99 Å². The predicted molar refractivity (Wildman–Crippen MR) is 97.9 cm³/mol. The highest BCUT2D eigenvalue weighted by Crippen LogP contribution is 2.19.